The molecule has 4 rings (SSSR count). The van der Waals surface area contributed by atoms with Crippen molar-refractivity contribution in [2.75, 3.05) is 13.7 Å². The van der Waals surface area contributed by atoms with Crippen molar-refractivity contribution in [1.29, 1.82) is 0 Å². The lowest BCUT2D eigenvalue weighted by Crippen LogP contribution is -2.60. The quantitative estimate of drug-likeness (QED) is 0.431. The van der Waals surface area contributed by atoms with E-state index in [9.17, 15) is 30.3 Å². The molecule has 2 heterocycles. The van der Waals surface area contributed by atoms with Crippen molar-refractivity contribution >= 4 is 5.78 Å². The number of ketones is 1. The maximum Gasteiger partial charge on any atom is 0.229 e. The lowest BCUT2D eigenvalue weighted by Gasteiger charge is -2.39. The van der Waals surface area contributed by atoms with E-state index in [-0.39, 0.29) is 35.0 Å². The molecule has 172 valence electrons. The molecule has 1 saturated heterocycles. The van der Waals surface area contributed by atoms with Crippen LogP contribution in [-0.4, -0.2) is 75.7 Å². The lowest BCUT2D eigenvalue weighted by atomic mass is 9.95. The van der Waals surface area contributed by atoms with E-state index < -0.39 is 49.2 Å². The number of benzene rings is 2. The summed E-state index contributed by atoms with van der Waals surface area (Å²) in [5, 5.41) is 50.1. The van der Waals surface area contributed by atoms with E-state index in [1.807, 2.05) is 30.3 Å². The average Bonchev–Trinajstić information content (AvgIpc) is 2.79. The largest absolute Gasteiger partial charge is 0.507 e. The monoisotopic (exact) mass is 448 g/mol. The Bertz CT molecular complexity index is 976. The van der Waals surface area contributed by atoms with Crippen molar-refractivity contribution in [3.8, 4) is 23.0 Å². The first-order chi connectivity index (χ1) is 15.3. The molecular formula is C22H24O10. The molecule has 2 aliphatic heterocycles. The molecule has 5 N–H and O–H groups in total. The Morgan fingerprint density at radius 3 is 2.47 bits per heavy atom. The van der Waals surface area contributed by atoms with Crippen LogP contribution in [0.3, 0.4) is 0 Å². The molecule has 0 aromatic heterocycles. The minimum atomic E-state index is -1.67. The van der Waals surface area contributed by atoms with E-state index in [1.165, 1.54) is 7.11 Å². The summed E-state index contributed by atoms with van der Waals surface area (Å²) in [4.78, 5) is 12.8. The molecule has 10 heteroatoms. The third-order valence-corrected chi connectivity index (χ3v) is 5.56. The van der Waals surface area contributed by atoms with Gasteiger partial charge in [0, 0.05) is 6.07 Å². The van der Waals surface area contributed by atoms with E-state index >= 15 is 0 Å². The molecule has 32 heavy (non-hydrogen) atoms. The van der Waals surface area contributed by atoms with Crippen LogP contribution in [-0.2, 0) is 4.74 Å². The van der Waals surface area contributed by atoms with Gasteiger partial charge in [-0.3, -0.25) is 4.79 Å². The van der Waals surface area contributed by atoms with Crippen molar-refractivity contribution in [3.05, 3.63) is 47.5 Å². The first kappa shape index (κ1) is 22.3. The van der Waals surface area contributed by atoms with Crippen molar-refractivity contribution < 1.29 is 49.3 Å². The van der Waals surface area contributed by atoms with Gasteiger partial charge in [-0.1, -0.05) is 30.3 Å². The number of carbonyl (C=O) groups excluding carboxylic acids is 1. The zero-order chi connectivity index (χ0) is 23.0. The molecular weight excluding hydrogens is 424 g/mol. The fourth-order valence-corrected chi connectivity index (χ4v) is 3.86. The molecule has 0 bridgehead atoms. The molecule has 1 unspecified atom stereocenters. The molecule has 1 fully saturated rings. The van der Waals surface area contributed by atoms with Crippen LogP contribution < -0.4 is 14.2 Å². The summed E-state index contributed by atoms with van der Waals surface area (Å²) in [6, 6.07) is 10.2. The first-order valence-corrected chi connectivity index (χ1v) is 10.0. The Balaban J connectivity index is 1.69. The van der Waals surface area contributed by atoms with E-state index in [0.29, 0.717) is 0 Å². The number of phenols is 1. The van der Waals surface area contributed by atoms with E-state index in [4.69, 9.17) is 18.9 Å². The highest BCUT2D eigenvalue weighted by atomic mass is 16.7. The third-order valence-electron chi connectivity index (χ3n) is 5.56. The summed E-state index contributed by atoms with van der Waals surface area (Å²) >= 11 is 0. The average molecular weight is 448 g/mol. The van der Waals surface area contributed by atoms with Gasteiger partial charge in [0.25, 0.3) is 0 Å². The predicted octanol–water partition coefficient (Wildman–Crippen LogP) is 0.286. The highest BCUT2D eigenvalue weighted by molar-refractivity contribution is 6.03. The zero-order valence-electron chi connectivity index (χ0n) is 17.1. The number of hydrogen-bond acceptors (Lipinski definition) is 10. The highest BCUT2D eigenvalue weighted by Gasteiger charge is 2.45. The van der Waals surface area contributed by atoms with Gasteiger partial charge in [-0.2, -0.15) is 0 Å². The van der Waals surface area contributed by atoms with Gasteiger partial charge >= 0.3 is 0 Å². The maximum atomic E-state index is 12.8. The number of aliphatic hydroxyl groups is 4. The summed E-state index contributed by atoms with van der Waals surface area (Å²) < 4.78 is 22.4. The molecule has 10 nitrogen and oxygen atoms in total. The van der Waals surface area contributed by atoms with Crippen molar-refractivity contribution in [3.63, 3.8) is 0 Å². The summed E-state index contributed by atoms with van der Waals surface area (Å²) in [5.74, 6) is -0.956. The number of ether oxygens (including phenoxy) is 4. The van der Waals surface area contributed by atoms with Gasteiger partial charge in [-0.25, -0.2) is 0 Å². The van der Waals surface area contributed by atoms with Crippen LogP contribution in [0.2, 0.25) is 0 Å². The first-order valence-electron chi connectivity index (χ1n) is 10.0. The van der Waals surface area contributed by atoms with Gasteiger partial charge in [0.15, 0.2) is 17.3 Å². The molecule has 0 spiro atoms. The number of carbonyl (C=O) groups is 1. The molecule has 0 saturated carbocycles. The minimum Gasteiger partial charge on any atom is -0.507 e. The second-order valence-corrected chi connectivity index (χ2v) is 7.59. The van der Waals surface area contributed by atoms with E-state index in [2.05, 4.69) is 0 Å². The lowest BCUT2D eigenvalue weighted by molar-refractivity contribution is -0.277. The smallest absolute Gasteiger partial charge is 0.229 e. The van der Waals surface area contributed by atoms with Crippen molar-refractivity contribution in [2.24, 2.45) is 0 Å². The molecule has 0 amide bonds. The topological polar surface area (TPSA) is 155 Å². The van der Waals surface area contributed by atoms with Crippen LogP contribution in [0.15, 0.2) is 36.4 Å². The highest BCUT2D eigenvalue weighted by Crippen LogP contribution is 2.50. The number of phenolic OH excluding ortho intramolecular Hbond substituents is 1. The number of fused-ring (bicyclic) bond motifs is 1. The molecule has 6 atom stereocenters. The molecule has 2 aliphatic rings. The van der Waals surface area contributed by atoms with Crippen LogP contribution in [0.5, 0.6) is 23.0 Å². The van der Waals surface area contributed by atoms with Gasteiger partial charge in [-0.15, -0.1) is 0 Å². The number of rotatable bonds is 5. The molecule has 0 radical (unpaired) electrons. The standard InChI is InChI=1S/C22H24O10/c1-29-20-14(31-22-19(28)18(27)17(26)15(9-23)32-22)8-12(25)16-11(24)7-13(30-21(16)20)10-5-3-2-4-6-10/h2-6,8,13,15,17-19,22-23,25-28H,7,9H2,1H3/t13?,15-,17-,18+,19-,22-/m1/s1. The Hall–Kier alpha value is -2.89. The normalized spacial score (nSPS) is 29.7. The van der Waals surface area contributed by atoms with Gasteiger partial charge in [0.1, 0.15) is 41.8 Å². The van der Waals surface area contributed by atoms with Gasteiger partial charge in [-0.05, 0) is 5.56 Å². The number of Topliss-reactive ketones (excluding diaryl/α,β-unsaturated/α-hetero) is 1. The van der Waals surface area contributed by atoms with Crippen LogP contribution in [0.4, 0.5) is 0 Å². The fourth-order valence-electron chi connectivity index (χ4n) is 3.86. The van der Waals surface area contributed by atoms with E-state index in [0.717, 1.165) is 11.6 Å². The van der Waals surface area contributed by atoms with Crippen LogP contribution in [0.1, 0.15) is 28.4 Å². The SMILES string of the molecule is COc1c(O[C@@H]2O[C@H](CO)[C@@H](O)[C@H](O)[C@H]2O)cc(O)c2c1OC(c1ccccc1)CC2=O. The van der Waals surface area contributed by atoms with Crippen LogP contribution in [0.25, 0.3) is 0 Å². The summed E-state index contributed by atoms with van der Waals surface area (Å²) in [6.07, 6.45) is -8.18. The second kappa shape index (κ2) is 8.93. The van der Waals surface area contributed by atoms with E-state index in [1.54, 1.807) is 0 Å². The molecule has 0 aliphatic carbocycles. The Kier molecular flexibility index (Phi) is 6.22. The predicted molar refractivity (Wildman–Crippen MR) is 108 cm³/mol. The number of aliphatic hydroxyl groups excluding tert-OH is 4. The Morgan fingerprint density at radius 2 is 1.81 bits per heavy atom. The maximum absolute atomic E-state index is 12.8. The number of hydrogen-bond donors (Lipinski definition) is 5. The van der Waals surface area contributed by atoms with Crippen molar-refractivity contribution in [2.45, 2.75) is 43.2 Å². The number of methoxy groups -OCH3 is 1. The second-order valence-electron chi connectivity index (χ2n) is 7.59. The van der Waals surface area contributed by atoms with Gasteiger partial charge in [0.05, 0.1) is 20.1 Å². The minimum absolute atomic E-state index is 0.0145. The summed E-state index contributed by atoms with van der Waals surface area (Å²) in [7, 11) is 1.31. The van der Waals surface area contributed by atoms with Crippen molar-refractivity contribution in [1.82, 2.24) is 0 Å². The fraction of sp³-hybridized carbons (Fsp3) is 0.409. The zero-order valence-corrected chi connectivity index (χ0v) is 17.1. The Morgan fingerprint density at radius 1 is 1.09 bits per heavy atom. The Labute approximate surface area is 183 Å². The summed E-state index contributed by atoms with van der Waals surface area (Å²) in [5.41, 5.74) is 0.698. The van der Waals surface area contributed by atoms with Crippen LogP contribution in [0, 0.1) is 0 Å². The third kappa shape index (κ3) is 3.87. The van der Waals surface area contributed by atoms with Crippen LogP contribution >= 0.6 is 0 Å². The molecule has 2 aromatic carbocycles. The molecule has 2 aromatic rings. The van der Waals surface area contributed by atoms with Gasteiger partial charge in [0.2, 0.25) is 12.0 Å². The van der Waals surface area contributed by atoms with Gasteiger partial charge < -0.3 is 44.5 Å². The number of aromatic hydroxyl groups is 1. The summed E-state index contributed by atoms with van der Waals surface area (Å²) in [6.45, 7) is -0.631.